The van der Waals surface area contributed by atoms with Gasteiger partial charge in [0.1, 0.15) is 0 Å². The van der Waals surface area contributed by atoms with Crippen LogP contribution in [0.15, 0.2) is 59.6 Å². The fourth-order valence-corrected chi connectivity index (χ4v) is 3.52. The van der Waals surface area contributed by atoms with E-state index in [0.717, 1.165) is 17.0 Å². The SMILES string of the molecule is CN=C(NC#N)NCCSC(c1ccccc1)c1ccccc1N. The van der Waals surface area contributed by atoms with Crippen molar-refractivity contribution in [1.29, 1.82) is 5.26 Å². The highest BCUT2D eigenvalue weighted by Gasteiger charge is 2.16. The monoisotopic (exact) mass is 339 g/mol. The van der Waals surface area contributed by atoms with E-state index in [1.807, 2.05) is 42.6 Å². The molecule has 0 amide bonds. The van der Waals surface area contributed by atoms with E-state index in [1.165, 1.54) is 5.56 Å². The predicted molar refractivity (Wildman–Crippen MR) is 102 cm³/mol. The lowest BCUT2D eigenvalue weighted by molar-refractivity contribution is 0.929. The number of hydrogen-bond donors (Lipinski definition) is 3. The van der Waals surface area contributed by atoms with Gasteiger partial charge in [-0.1, -0.05) is 48.5 Å². The lowest BCUT2D eigenvalue weighted by atomic mass is 10.0. The van der Waals surface area contributed by atoms with E-state index in [0.29, 0.717) is 12.5 Å². The van der Waals surface area contributed by atoms with E-state index in [2.05, 4.69) is 33.8 Å². The van der Waals surface area contributed by atoms with Crippen LogP contribution in [0.3, 0.4) is 0 Å². The molecule has 1 unspecified atom stereocenters. The third-order valence-corrected chi connectivity index (χ3v) is 4.76. The Kier molecular flexibility index (Phi) is 6.99. The number of anilines is 1. The Morgan fingerprint density at radius 1 is 1.21 bits per heavy atom. The van der Waals surface area contributed by atoms with Crippen LogP contribution < -0.4 is 16.4 Å². The Hall–Kier alpha value is -2.65. The maximum Gasteiger partial charge on any atom is 0.204 e. The van der Waals surface area contributed by atoms with E-state index >= 15 is 0 Å². The van der Waals surface area contributed by atoms with E-state index in [-0.39, 0.29) is 5.25 Å². The number of guanidine groups is 1. The number of nitriles is 1. The van der Waals surface area contributed by atoms with Crippen molar-refractivity contribution in [3.05, 3.63) is 65.7 Å². The second kappa shape index (κ2) is 9.48. The molecule has 24 heavy (non-hydrogen) atoms. The van der Waals surface area contributed by atoms with Crippen LogP contribution in [0, 0.1) is 11.5 Å². The average Bonchev–Trinajstić information content (AvgIpc) is 2.62. The molecule has 2 rings (SSSR count). The summed E-state index contributed by atoms with van der Waals surface area (Å²) >= 11 is 1.80. The van der Waals surface area contributed by atoms with Crippen molar-refractivity contribution in [2.45, 2.75) is 5.25 Å². The highest BCUT2D eigenvalue weighted by molar-refractivity contribution is 7.99. The third-order valence-electron chi connectivity index (χ3n) is 3.46. The van der Waals surface area contributed by atoms with Crippen molar-refractivity contribution < 1.29 is 0 Å². The number of benzene rings is 2. The van der Waals surface area contributed by atoms with Crippen molar-refractivity contribution in [1.82, 2.24) is 10.6 Å². The van der Waals surface area contributed by atoms with Gasteiger partial charge >= 0.3 is 0 Å². The summed E-state index contributed by atoms with van der Waals surface area (Å²) in [5.74, 6) is 1.33. The van der Waals surface area contributed by atoms with Crippen LogP contribution in [-0.2, 0) is 0 Å². The van der Waals surface area contributed by atoms with Gasteiger partial charge in [-0.2, -0.15) is 5.26 Å². The molecule has 0 bridgehead atoms. The van der Waals surface area contributed by atoms with Crippen LogP contribution >= 0.6 is 11.8 Å². The van der Waals surface area contributed by atoms with Gasteiger partial charge in [-0.25, -0.2) is 0 Å². The molecule has 0 radical (unpaired) electrons. The Morgan fingerprint density at radius 3 is 2.58 bits per heavy atom. The molecule has 0 saturated carbocycles. The number of para-hydroxylation sites is 1. The highest BCUT2D eigenvalue weighted by atomic mass is 32.2. The van der Waals surface area contributed by atoms with Crippen molar-refractivity contribution in [2.75, 3.05) is 25.1 Å². The molecular weight excluding hydrogens is 318 g/mol. The average molecular weight is 339 g/mol. The normalized spacial score (nSPS) is 12.2. The largest absolute Gasteiger partial charge is 0.398 e. The molecule has 0 aliphatic heterocycles. The first-order valence-electron chi connectivity index (χ1n) is 7.63. The van der Waals surface area contributed by atoms with Gasteiger partial charge in [-0.15, -0.1) is 11.8 Å². The third kappa shape index (κ3) is 4.93. The molecule has 0 saturated heterocycles. The van der Waals surface area contributed by atoms with Gasteiger partial charge in [-0.05, 0) is 17.2 Å². The first kappa shape index (κ1) is 17.7. The molecule has 2 aromatic carbocycles. The number of nitrogens with zero attached hydrogens (tertiary/aromatic N) is 2. The summed E-state index contributed by atoms with van der Waals surface area (Å²) in [6.07, 6.45) is 1.86. The summed E-state index contributed by atoms with van der Waals surface area (Å²) in [7, 11) is 1.64. The van der Waals surface area contributed by atoms with E-state index in [1.54, 1.807) is 18.8 Å². The van der Waals surface area contributed by atoms with Crippen LogP contribution in [0.1, 0.15) is 16.4 Å². The van der Waals surface area contributed by atoms with Crippen LogP contribution in [-0.4, -0.2) is 25.3 Å². The van der Waals surface area contributed by atoms with Gasteiger partial charge in [0.25, 0.3) is 0 Å². The standard InChI is InChI=1S/C18H21N5S/c1-21-18(23-13-19)22-11-12-24-17(14-7-3-2-4-8-14)15-9-5-6-10-16(15)20/h2-10,17H,11-12,20H2,1H3,(H2,21,22,23). The number of nitrogen functional groups attached to an aromatic ring is 1. The molecule has 0 heterocycles. The molecule has 1 atom stereocenters. The second-order valence-electron chi connectivity index (χ2n) is 5.03. The molecule has 0 spiro atoms. The van der Waals surface area contributed by atoms with Gasteiger partial charge in [0.05, 0.1) is 5.25 Å². The van der Waals surface area contributed by atoms with Gasteiger partial charge < -0.3 is 11.1 Å². The molecule has 0 aliphatic carbocycles. The first-order chi connectivity index (χ1) is 11.8. The van der Waals surface area contributed by atoms with E-state index in [4.69, 9.17) is 11.0 Å². The zero-order valence-corrected chi connectivity index (χ0v) is 14.4. The number of rotatable bonds is 6. The smallest absolute Gasteiger partial charge is 0.204 e. The summed E-state index contributed by atoms with van der Waals surface area (Å²) in [4.78, 5) is 3.97. The fourth-order valence-electron chi connectivity index (χ4n) is 2.32. The van der Waals surface area contributed by atoms with Crippen LogP contribution in [0.4, 0.5) is 5.69 Å². The predicted octanol–water partition coefficient (Wildman–Crippen LogP) is 2.74. The number of hydrogen-bond acceptors (Lipinski definition) is 4. The number of aliphatic imine (C=N–C) groups is 1. The topological polar surface area (TPSA) is 86.2 Å². The van der Waals surface area contributed by atoms with Crippen molar-refractivity contribution in [2.24, 2.45) is 4.99 Å². The Morgan fingerprint density at radius 2 is 1.92 bits per heavy atom. The fraction of sp³-hybridized carbons (Fsp3) is 0.222. The summed E-state index contributed by atoms with van der Waals surface area (Å²) in [6, 6.07) is 18.3. The van der Waals surface area contributed by atoms with Crippen LogP contribution in [0.2, 0.25) is 0 Å². The summed E-state index contributed by atoms with van der Waals surface area (Å²) in [5, 5.41) is 14.4. The van der Waals surface area contributed by atoms with Gasteiger partial charge in [0.15, 0.2) is 6.19 Å². The number of nitrogens with two attached hydrogens (primary N) is 1. The van der Waals surface area contributed by atoms with Gasteiger partial charge in [-0.3, -0.25) is 10.3 Å². The van der Waals surface area contributed by atoms with Gasteiger partial charge in [0.2, 0.25) is 5.96 Å². The second-order valence-corrected chi connectivity index (χ2v) is 6.24. The maximum absolute atomic E-state index is 8.64. The summed E-state index contributed by atoms with van der Waals surface area (Å²) in [5.41, 5.74) is 9.32. The Balaban J connectivity index is 2.06. The lowest BCUT2D eigenvalue weighted by Gasteiger charge is -2.19. The molecule has 2 aromatic rings. The number of thioether (sulfide) groups is 1. The van der Waals surface area contributed by atoms with Crippen LogP contribution in [0.5, 0.6) is 0 Å². The Labute approximate surface area is 147 Å². The molecule has 0 aromatic heterocycles. The molecular formula is C18H21N5S. The van der Waals surface area contributed by atoms with Gasteiger partial charge in [0, 0.05) is 25.0 Å². The van der Waals surface area contributed by atoms with Crippen molar-refractivity contribution in [3.63, 3.8) is 0 Å². The Bertz CT molecular complexity index is 709. The van der Waals surface area contributed by atoms with E-state index < -0.39 is 0 Å². The lowest BCUT2D eigenvalue weighted by Crippen LogP contribution is -2.35. The first-order valence-corrected chi connectivity index (χ1v) is 8.68. The molecule has 124 valence electrons. The minimum atomic E-state index is 0.167. The quantitative estimate of drug-likeness (QED) is 0.188. The summed E-state index contributed by atoms with van der Waals surface area (Å²) < 4.78 is 0. The zero-order chi connectivity index (χ0) is 17.2. The minimum absolute atomic E-state index is 0.167. The van der Waals surface area contributed by atoms with E-state index in [9.17, 15) is 0 Å². The van der Waals surface area contributed by atoms with Crippen LogP contribution in [0.25, 0.3) is 0 Å². The molecule has 6 heteroatoms. The zero-order valence-electron chi connectivity index (χ0n) is 13.6. The number of nitrogens with one attached hydrogen (secondary N) is 2. The molecule has 0 aliphatic rings. The summed E-state index contributed by atoms with van der Waals surface area (Å²) in [6.45, 7) is 0.697. The molecule has 4 N–H and O–H groups in total. The minimum Gasteiger partial charge on any atom is -0.398 e. The molecule has 0 fully saturated rings. The van der Waals surface area contributed by atoms with Crippen molar-refractivity contribution in [3.8, 4) is 6.19 Å². The van der Waals surface area contributed by atoms with Crippen molar-refractivity contribution >= 4 is 23.4 Å². The maximum atomic E-state index is 8.64. The molecule has 5 nitrogen and oxygen atoms in total. The highest BCUT2D eigenvalue weighted by Crippen LogP contribution is 2.37.